The summed E-state index contributed by atoms with van der Waals surface area (Å²) in [6, 6.07) is 0. The third-order valence-electron chi connectivity index (χ3n) is 2.50. The molecule has 0 aromatic carbocycles. The highest BCUT2D eigenvalue weighted by atomic mass is 16.3. The van der Waals surface area contributed by atoms with Gasteiger partial charge in [-0.1, -0.05) is 6.92 Å². The largest absolute Gasteiger partial charge is 0.393 e. The van der Waals surface area contributed by atoms with Crippen molar-refractivity contribution in [3.05, 3.63) is 22.7 Å². The first kappa shape index (κ1) is 12.7. The molecule has 0 saturated carbocycles. The van der Waals surface area contributed by atoms with Gasteiger partial charge in [0, 0.05) is 25.5 Å². The van der Waals surface area contributed by atoms with Gasteiger partial charge < -0.3 is 15.0 Å². The van der Waals surface area contributed by atoms with Gasteiger partial charge in [-0.3, -0.25) is 4.79 Å². The van der Waals surface area contributed by atoms with Crippen LogP contribution in [0.15, 0.2) is 17.2 Å². The minimum Gasteiger partial charge on any atom is -0.393 e. The van der Waals surface area contributed by atoms with Crippen LogP contribution in [0.4, 0.5) is 5.82 Å². The van der Waals surface area contributed by atoms with E-state index in [1.54, 1.807) is 17.0 Å². The normalized spacial score (nSPS) is 12.4. The SMILES string of the molecule is CCC(O)CCNc1nccn(CC)c1=O. The zero-order valence-corrected chi connectivity index (χ0v) is 9.81. The lowest BCUT2D eigenvalue weighted by atomic mass is 10.2. The van der Waals surface area contributed by atoms with Crippen molar-refractivity contribution >= 4 is 5.82 Å². The molecule has 90 valence electrons. The maximum atomic E-state index is 11.7. The van der Waals surface area contributed by atoms with Gasteiger partial charge in [0.2, 0.25) is 0 Å². The molecule has 1 aromatic heterocycles. The molecule has 0 spiro atoms. The molecule has 0 fully saturated rings. The van der Waals surface area contributed by atoms with Crippen molar-refractivity contribution in [2.24, 2.45) is 0 Å². The molecule has 5 nitrogen and oxygen atoms in total. The van der Waals surface area contributed by atoms with Gasteiger partial charge in [0.15, 0.2) is 5.82 Å². The van der Waals surface area contributed by atoms with Gasteiger partial charge in [0.1, 0.15) is 0 Å². The van der Waals surface area contributed by atoms with Crippen LogP contribution in [0.5, 0.6) is 0 Å². The number of hydrogen-bond donors (Lipinski definition) is 2. The number of nitrogens with one attached hydrogen (secondary N) is 1. The molecule has 1 unspecified atom stereocenters. The van der Waals surface area contributed by atoms with E-state index >= 15 is 0 Å². The predicted octanol–water partition coefficient (Wildman–Crippen LogP) is 0.836. The summed E-state index contributed by atoms with van der Waals surface area (Å²) in [7, 11) is 0. The van der Waals surface area contributed by atoms with Gasteiger partial charge in [0.05, 0.1) is 6.10 Å². The van der Waals surface area contributed by atoms with Crippen LogP contribution in [0, 0.1) is 0 Å². The lowest BCUT2D eigenvalue weighted by Crippen LogP contribution is -2.25. The molecule has 5 heteroatoms. The Morgan fingerprint density at radius 2 is 2.31 bits per heavy atom. The van der Waals surface area contributed by atoms with Crippen molar-refractivity contribution in [3.63, 3.8) is 0 Å². The molecule has 0 saturated heterocycles. The Hall–Kier alpha value is -1.36. The molecule has 16 heavy (non-hydrogen) atoms. The molecule has 0 aliphatic carbocycles. The van der Waals surface area contributed by atoms with Crippen LogP contribution >= 0.6 is 0 Å². The summed E-state index contributed by atoms with van der Waals surface area (Å²) in [5.74, 6) is 0.354. The van der Waals surface area contributed by atoms with Crippen LogP contribution in [-0.4, -0.2) is 27.3 Å². The number of rotatable bonds is 6. The van der Waals surface area contributed by atoms with Crippen LogP contribution in [-0.2, 0) is 6.54 Å². The summed E-state index contributed by atoms with van der Waals surface area (Å²) in [6.07, 6.45) is 4.30. The minimum atomic E-state index is -0.315. The van der Waals surface area contributed by atoms with Crippen LogP contribution in [0.3, 0.4) is 0 Å². The van der Waals surface area contributed by atoms with Gasteiger partial charge in [-0.2, -0.15) is 0 Å². The highest BCUT2D eigenvalue weighted by molar-refractivity contribution is 5.30. The van der Waals surface area contributed by atoms with E-state index < -0.39 is 0 Å². The zero-order valence-electron chi connectivity index (χ0n) is 9.81. The summed E-state index contributed by atoms with van der Waals surface area (Å²) in [4.78, 5) is 15.7. The molecule has 0 aliphatic rings. The monoisotopic (exact) mass is 225 g/mol. The Morgan fingerprint density at radius 3 is 2.94 bits per heavy atom. The van der Waals surface area contributed by atoms with E-state index in [0.717, 1.165) is 6.42 Å². The highest BCUT2D eigenvalue weighted by Crippen LogP contribution is 1.98. The third-order valence-corrected chi connectivity index (χ3v) is 2.50. The Balaban J connectivity index is 2.57. The van der Waals surface area contributed by atoms with E-state index in [1.807, 2.05) is 13.8 Å². The van der Waals surface area contributed by atoms with Gasteiger partial charge in [0.25, 0.3) is 5.56 Å². The molecule has 1 rings (SSSR count). The van der Waals surface area contributed by atoms with Crippen molar-refractivity contribution in [1.82, 2.24) is 9.55 Å². The summed E-state index contributed by atoms with van der Waals surface area (Å²) in [6.45, 7) is 5.03. The Kier molecular flexibility index (Phi) is 4.98. The molecule has 0 amide bonds. The molecule has 1 heterocycles. The zero-order chi connectivity index (χ0) is 12.0. The number of aliphatic hydroxyl groups excluding tert-OH is 1. The fourth-order valence-electron chi connectivity index (χ4n) is 1.38. The van der Waals surface area contributed by atoms with Crippen LogP contribution in [0.2, 0.25) is 0 Å². The van der Waals surface area contributed by atoms with E-state index in [1.165, 1.54) is 0 Å². The molecule has 0 radical (unpaired) electrons. The van der Waals surface area contributed by atoms with Gasteiger partial charge in [-0.05, 0) is 19.8 Å². The second kappa shape index (κ2) is 6.27. The van der Waals surface area contributed by atoms with Crippen LogP contribution in [0.1, 0.15) is 26.7 Å². The molecule has 1 aromatic rings. The molecular weight excluding hydrogens is 206 g/mol. The van der Waals surface area contributed by atoms with Crippen molar-refractivity contribution in [2.45, 2.75) is 39.3 Å². The van der Waals surface area contributed by atoms with Gasteiger partial charge >= 0.3 is 0 Å². The predicted molar refractivity (Wildman–Crippen MR) is 63.6 cm³/mol. The van der Waals surface area contributed by atoms with E-state index in [4.69, 9.17) is 0 Å². The molecule has 0 bridgehead atoms. The summed E-state index contributed by atoms with van der Waals surface area (Å²) >= 11 is 0. The van der Waals surface area contributed by atoms with Gasteiger partial charge in [-0.25, -0.2) is 4.98 Å². The number of anilines is 1. The number of aryl methyl sites for hydroxylation is 1. The fourth-order valence-corrected chi connectivity index (χ4v) is 1.38. The average molecular weight is 225 g/mol. The summed E-state index contributed by atoms with van der Waals surface area (Å²) in [5, 5.41) is 12.3. The first-order valence-corrected chi connectivity index (χ1v) is 5.66. The van der Waals surface area contributed by atoms with Crippen LogP contribution < -0.4 is 10.9 Å². The topological polar surface area (TPSA) is 67.2 Å². The second-order valence-electron chi connectivity index (χ2n) is 3.64. The maximum absolute atomic E-state index is 11.7. The Bertz CT molecular complexity index is 376. The average Bonchev–Trinajstić information content (AvgIpc) is 2.31. The van der Waals surface area contributed by atoms with Crippen molar-refractivity contribution < 1.29 is 5.11 Å². The smallest absolute Gasteiger partial charge is 0.293 e. The van der Waals surface area contributed by atoms with Crippen molar-refractivity contribution in [2.75, 3.05) is 11.9 Å². The summed E-state index contributed by atoms with van der Waals surface area (Å²) in [5.41, 5.74) is -0.115. The Labute approximate surface area is 95.1 Å². The minimum absolute atomic E-state index is 0.115. The molecule has 2 N–H and O–H groups in total. The number of aliphatic hydroxyl groups is 1. The summed E-state index contributed by atoms with van der Waals surface area (Å²) < 4.78 is 1.59. The first-order chi connectivity index (χ1) is 7.69. The van der Waals surface area contributed by atoms with Crippen molar-refractivity contribution in [3.8, 4) is 0 Å². The molecule has 0 aliphatic heterocycles. The van der Waals surface area contributed by atoms with E-state index in [9.17, 15) is 9.90 Å². The standard InChI is InChI=1S/C11H19N3O2/c1-3-9(15)5-6-12-10-11(16)14(4-2)8-7-13-10/h7-9,15H,3-6H2,1-2H3,(H,12,13). The maximum Gasteiger partial charge on any atom is 0.293 e. The molecular formula is C11H19N3O2. The quantitative estimate of drug-likeness (QED) is 0.752. The van der Waals surface area contributed by atoms with E-state index in [-0.39, 0.29) is 11.7 Å². The number of aromatic nitrogens is 2. The second-order valence-corrected chi connectivity index (χ2v) is 3.64. The van der Waals surface area contributed by atoms with Gasteiger partial charge in [-0.15, -0.1) is 0 Å². The lowest BCUT2D eigenvalue weighted by molar-refractivity contribution is 0.164. The number of nitrogens with zero attached hydrogens (tertiary/aromatic N) is 2. The first-order valence-electron chi connectivity index (χ1n) is 5.66. The highest BCUT2D eigenvalue weighted by Gasteiger charge is 2.04. The number of hydrogen-bond acceptors (Lipinski definition) is 4. The molecule has 1 atom stereocenters. The van der Waals surface area contributed by atoms with Crippen LogP contribution in [0.25, 0.3) is 0 Å². The lowest BCUT2D eigenvalue weighted by Gasteiger charge is -2.09. The van der Waals surface area contributed by atoms with E-state index in [0.29, 0.717) is 25.3 Å². The third kappa shape index (κ3) is 3.34. The Morgan fingerprint density at radius 1 is 1.56 bits per heavy atom. The van der Waals surface area contributed by atoms with Crippen molar-refractivity contribution in [1.29, 1.82) is 0 Å². The van der Waals surface area contributed by atoms with E-state index in [2.05, 4.69) is 10.3 Å². The fraction of sp³-hybridized carbons (Fsp3) is 0.636.